The molecule has 0 amide bonds. The normalized spacial score (nSPS) is 10.7. The minimum atomic E-state index is -0.284. The first kappa shape index (κ1) is 9.27. The summed E-state index contributed by atoms with van der Waals surface area (Å²) in [6.45, 7) is 4.25. The fourth-order valence-corrected chi connectivity index (χ4v) is 2.29. The minimum absolute atomic E-state index is 0.284. The van der Waals surface area contributed by atoms with Crippen molar-refractivity contribution in [2.24, 2.45) is 0 Å². The van der Waals surface area contributed by atoms with E-state index in [1.807, 2.05) is 19.1 Å². The van der Waals surface area contributed by atoms with Gasteiger partial charge in [-0.2, -0.15) is 0 Å². The second-order valence-electron chi connectivity index (χ2n) is 3.04. The summed E-state index contributed by atoms with van der Waals surface area (Å²) in [6, 6.07) is 3.87. The second-order valence-corrected chi connectivity index (χ2v) is 4.33. The Balaban J connectivity index is 2.36. The van der Waals surface area contributed by atoms with Crippen LogP contribution < -0.4 is 0 Å². The average Bonchev–Trinajstić information content (AvgIpc) is 2.61. The topological polar surface area (TPSA) is 42.1 Å². The molecule has 0 spiro atoms. The minimum Gasteiger partial charge on any atom is -0.461 e. The van der Waals surface area contributed by atoms with E-state index in [1.165, 1.54) is 4.88 Å². The van der Waals surface area contributed by atoms with Crippen LogP contribution in [0.25, 0.3) is 10.2 Å². The van der Waals surface area contributed by atoms with Crippen LogP contribution in [0.15, 0.2) is 12.1 Å². The van der Waals surface area contributed by atoms with Gasteiger partial charge in [-0.1, -0.05) is 0 Å². The monoisotopic (exact) mass is 209 g/mol. The predicted octanol–water partition coefficient (Wildman–Crippen LogP) is 2.71. The van der Waals surface area contributed by atoms with Gasteiger partial charge in [0, 0.05) is 4.88 Å². The van der Waals surface area contributed by atoms with Crippen LogP contribution >= 0.6 is 11.3 Å². The maximum atomic E-state index is 11.3. The Kier molecular flexibility index (Phi) is 2.29. The van der Waals surface area contributed by atoms with Crippen molar-refractivity contribution in [3.63, 3.8) is 0 Å². The van der Waals surface area contributed by atoms with E-state index in [1.54, 1.807) is 18.3 Å². The molecule has 0 fully saturated rings. The fraction of sp³-hybridized carbons (Fsp3) is 0.300. The zero-order valence-electron chi connectivity index (χ0n) is 8.09. The zero-order valence-corrected chi connectivity index (χ0v) is 8.90. The van der Waals surface area contributed by atoms with Crippen LogP contribution in [0.2, 0.25) is 0 Å². The van der Waals surface area contributed by atoms with E-state index < -0.39 is 0 Å². The number of aromatic amines is 1. The molecule has 2 aromatic heterocycles. The van der Waals surface area contributed by atoms with Gasteiger partial charge in [0.05, 0.1) is 16.8 Å². The second kappa shape index (κ2) is 3.46. The third kappa shape index (κ3) is 1.53. The summed E-state index contributed by atoms with van der Waals surface area (Å²) >= 11 is 1.67. The summed E-state index contributed by atoms with van der Waals surface area (Å²) in [5.41, 5.74) is 1.55. The lowest BCUT2D eigenvalue weighted by Crippen LogP contribution is -2.04. The molecule has 4 heteroatoms. The number of carbonyl (C=O) groups excluding carboxylic acids is 1. The number of carbonyl (C=O) groups is 1. The van der Waals surface area contributed by atoms with E-state index in [9.17, 15) is 4.79 Å². The van der Waals surface area contributed by atoms with Gasteiger partial charge in [-0.25, -0.2) is 4.79 Å². The molecule has 74 valence electrons. The molecule has 0 aliphatic heterocycles. The van der Waals surface area contributed by atoms with Gasteiger partial charge in [0.1, 0.15) is 5.69 Å². The van der Waals surface area contributed by atoms with Crippen molar-refractivity contribution >= 4 is 27.5 Å². The van der Waals surface area contributed by atoms with Crippen LogP contribution in [0.3, 0.4) is 0 Å². The molecule has 0 saturated heterocycles. The highest BCUT2D eigenvalue weighted by molar-refractivity contribution is 7.19. The molecule has 0 bridgehead atoms. The molecule has 2 aromatic rings. The third-order valence-electron chi connectivity index (χ3n) is 1.92. The molecule has 0 atom stereocenters. The standard InChI is InChI=1S/C10H11NO2S/c1-3-13-10(12)8-5-9-7(11-8)4-6(2)14-9/h4-5,11H,3H2,1-2H3. The summed E-state index contributed by atoms with van der Waals surface area (Å²) in [4.78, 5) is 15.6. The molecule has 2 rings (SSSR count). The van der Waals surface area contributed by atoms with Gasteiger partial charge in [0.2, 0.25) is 0 Å². The van der Waals surface area contributed by atoms with Crippen molar-refractivity contribution < 1.29 is 9.53 Å². The molecule has 0 aromatic carbocycles. The van der Waals surface area contributed by atoms with Crippen LogP contribution in [0.5, 0.6) is 0 Å². The summed E-state index contributed by atoms with van der Waals surface area (Å²) in [5, 5.41) is 0. The van der Waals surface area contributed by atoms with Crippen LogP contribution in [0.1, 0.15) is 22.3 Å². The Bertz CT molecular complexity index is 438. The number of hydrogen-bond donors (Lipinski definition) is 1. The largest absolute Gasteiger partial charge is 0.461 e. The molecule has 0 saturated carbocycles. The lowest BCUT2D eigenvalue weighted by Gasteiger charge is -1.96. The molecule has 1 N–H and O–H groups in total. The molecule has 0 aliphatic rings. The molecule has 0 aliphatic carbocycles. The quantitative estimate of drug-likeness (QED) is 0.773. The first-order valence-corrected chi connectivity index (χ1v) is 5.28. The molecular formula is C10H11NO2S. The van der Waals surface area contributed by atoms with Crippen molar-refractivity contribution in [2.75, 3.05) is 6.61 Å². The SMILES string of the molecule is CCOC(=O)c1cc2sc(C)cc2[nH]1. The van der Waals surface area contributed by atoms with Crippen LogP contribution in [0.4, 0.5) is 0 Å². The highest BCUT2D eigenvalue weighted by Crippen LogP contribution is 2.25. The summed E-state index contributed by atoms with van der Waals surface area (Å²) in [7, 11) is 0. The Morgan fingerprint density at radius 3 is 3.00 bits per heavy atom. The van der Waals surface area contributed by atoms with Gasteiger partial charge >= 0.3 is 5.97 Å². The van der Waals surface area contributed by atoms with Crippen molar-refractivity contribution in [1.29, 1.82) is 0 Å². The number of thiophene rings is 1. The first-order valence-electron chi connectivity index (χ1n) is 4.47. The van der Waals surface area contributed by atoms with E-state index in [0.717, 1.165) is 10.2 Å². The smallest absolute Gasteiger partial charge is 0.354 e. The number of fused-ring (bicyclic) bond motifs is 1. The fourth-order valence-electron chi connectivity index (χ4n) is 1.37. The molecule has 3 nitrogen and oxygen atoms in total. The number of H-pyrrole nitrogens is 1. The zero-order chi connectivity index (χ0) is 10.1. The van der Waals surface area contributed by atoms with Crippen LogP contribution in [0, 0.1) is 6.92 Å². The number of nitrogens with one attached hydrogen (secondary N) is 1. The Hall–Kier alpha value is -1.29. The van der Waals surface area contributed by atoms with E-state index in [2.05, 4.69) is 4.98 Å². The van der Waals surface area contributed by atoms with Crippen molar-refractivity contribution in [2.45, 2.75) is 13.8 Å². The third-order valence-corrected chi connectivity index (χ3v) is 2.92. The Morgan fingerprint density at radius 1 is 1.57 bits per heavy atom. The number of ether oxygens (including phenoxy) is 1. The number of esters is 1. The summed E-state index contributed by atoms with van der Waals surface area (Å²) < 4.78 is 5.99. The number of rotatable bonds is 2. The van der Waals surface area contributed by atoms with Crippen molar-refractivity contribution in [3.05, 3.63) is 22.7 Å². The summed E-state index contributed by atoms with van der Waals surface area (Å²) in [5.74, 6) is -0.284. The molecular weight excluding hydrogens is 198 g/mol. The van der Waals surface area contributed by atoms with Crippen molar-refractivity contribution in [3.8, 4) is 0 Å². The van der Waals surface area contributed by atoms with E-state index >= 15 is 0 Å². The van der Waals surface area contributed by atoms with E-state index in [0.29, 0.717) is 12.3 Å². The van der Waals surface area contributed by atoms with Gasteiger partial charge in [0.15, 0.2) is 0 Å². The number of hydrogen-bond acceptors (Lipinski definition) is 3. The number of aromatic nitrogens is 1. The van der Waals surface area contributed by atoms with Gasteiger partial charge in [-0.3, -0.25) is 0 Å². The molecule has 0 unspecified atom stereocenters. The Morgan fingerprint density at radius 2 is 2.36 bits per heavy atom. The highest BCUT2D eigenvalue weighted by Gasteiger charge is 2.11. The van der Waals surface area contributed by atoms with Gasteiger partial charge in [-0.15, -0.1) is 11.3 Å². The first-order chi connectivity index (χ1) is 6.70. The van der Waals surface area contributed by atoms with E-state index in [4.69, 9.17) is 4.74 Å². The maximum Gasteiger partial charge on any atom is 0.354 e. The molecule has 14 heavy (non-hydrogen) atoms. The number of aryl methyl sites for hydroxylation is 1. The van der Waals surface area contributed by atoms with Crippen molar-refractivity contribution in [1.82, 2.24) is 4.98 Å². The van der Waals surface area contributed by atoms with Crippen LogP contribution in [-0.2, 0) is 4.74 Å². The average molecular weight is 209 g/mol. The lowest BCUT2D eigenvalue weighted by molar-refractivity contribution is 0.0520. The van der Waals surface area contributed by atoms with Gasteiger partial charge in [-0.05, 0) is 26.0 Å². The predicted molar refractivity (Wildman–Crippen MR) is 56.9 cm³/mol. The summed E-state index contributed by atoms with van der Waals surface area (Å²) in [6.07, 6.45) is 0. The van der Waals surface area contributed by atoms with E-state index in [-0.39, 0.29) is 5.97 Å². The lowest BCUT2D eigenvalue weighted by atomic mass is 10.4. The van der Waals surface area contributed by atoms with Gasteiger partial charge in [0.25, 0.3) is 0 Å². The van der Waals surface area contributed by atoms with Gasteiger partial charge < -0.3 is 9.72 Å². The molecule has 2 heterocycles. The Labute approximate surface area is 85.7 Å². The maximum absolute atomic E-state index is 11.3. The highest BCUT2D eigenvalue weighted by atomic mass is 32.1. The molecule has 0 radical (unpaired) electrons. The van der Waals surface area contributed by atoms with Crippen LogP contribution in [-0.4, -0.2) is 17.6 Å².